The molecule has 2 aromatic rings. The van der Waals surface area contributed by atoms with E-state index in [-0.39, 0.29) is 18.8 Å². The van der Waals surface area contributed by atoms with Gasteiger partial charge in [0.1, 0.15) is 11.7 Å². The summed E-state index contributed by atoms with van der Waals surface area (Å²) in [5, 5.41) is 0. The molecule has 2 rings (SSSR count). The molecule has 0 aromatic heterocycles. The third kappa shape index (κ3) is 7.87. The molecule has 1 atom stereocenters. The molecule has 0 aliphatic heterocycles. The highest BCUT2D eigenvalue weighted by Crippen LogP contribution is 2.36. The van der Waals surface area contributed by atoms with Crippen LogP contribution >= 0.6 is 0 Å². The summed E-state index contributed by atoms with van der Waals surface area (Å²) < 4.78 is 49.1. The molecule has 2 aromatic carbocycles. The third-order valence-electron chi connectivity index (χ3n) is 3.98. The van der Waals surface area contributed by atoms with Gasteiger partial charge >= 0.3 is 6.18 Å². The number of methoxy groups -OCH3 is 1. The molecular weight excluding hydrogens is 353 g/mol. The molecule has 0 radical (unpaired) electrons. The zero-order chi connectivity index (χ0) is 20.4. The van der Waals surface area contributed by atoms with E-state index in [1.165, 1.54) is 11.6 Å². The minimum Gasteiger partial charge on any atom is -0.497 e. The van der Waals surface area contributed by atoms with Gasteiger partial charge in [0.15, 0.2) is 0 Å². The van der Waals surface area contributed by atoms with Gasteiger partial charge in [-0.05, 0) is 44.0 Å². The molecule has 27 heavy (non-hydrogen) atoms. The minimum atomic E-state index is -4.31. The molecule has 1 unspecified atom stereocenters. The first-order valence-corrected chi connectivity index (χ1v) is 8.62. The van der Waals surface area contributed by atoms with Crippen molar-refractivity contribution in [3.8, 4) is 5.75 Å². The first-order valence-electron chi connectivity index (χ1n) is 8.62. The quantitative estimate of drug-likeness (QED) is 0.442. The first-order chi connectivity index (χ1) is 12.7. The van der Waals surface area contributed by atoms with E-state index in [1.54, 1.807) is 39.2 Å². The average molecular weight is 380 g/mol. The van der Waals surface area contributed by atoms with Crippen LogP contribution in [-0.2, 0) is 4.74 Å². The van der Waals surface area contributed by atoms with E-state index in [1.807, 2.05) is 24.3 Å². The maximum absolute atomic E-state index is 13.0. The number of benzene rings is 2. The number of halogens is 3. The van der Waals surface area contributed by atoms with Gasteiger partial charge in [-0.25, -0.2) is 0 Å². The Morgan fingerprint density at radius 3 is 2.11 bits per heavy atom. The lowest BCUT2D eigenvalue weighted by Crippen LogP contribution is -2.26. The summed E-state index contributed by atoms with van der Waals surface area (Å²) in [5.74, 6) is -0.669. The van der Waals surface area contributed by atoms with Gasteiger partial charge in [-0.3, -0.25) is 0 Å². The Labute approximate surface area is 159 Å². The van der Waals surface area contributed by atoms with Crippen LogP contribution in [0.25, 0.3) is 0 Å². The lowest BCUT2D eigenvalue weighted by molar-refractivity contribution is -0.161. The lowest BCUT2D eigenvalue weighted by Gasteiger charge is -2.22. The van der Waals surface area contributed by atoms with Crippen LogP contribution in [0.1, 0.15) is 28.2 Å². The number of aryl methyl sites for hydroxylation is 3. The number of hydrogen-bond acceptors (Lipinski definition) is 2. The Bertz CT molecular complexity index is 706. The predicted octanol–water partition coefficient (Wildman–Crippen LogP) is 6.16. The number of hydrogen-bond donors (Lipinski definition) is 0. The Morgan fingerprint density at radius 2 is 1.59 bits per heavy atom. The number of alkyl halides is 3. The topological polar surface area (TPSA) is 18.5 Å². The Hall–Kier alpha value is -2.27. The van der Waals surface area contributed by atoms with Gasteiger partial charge in [-0.1, -0.05) is 47.5 Å². The summed E-state index contributed by atoms with van der Waals surface area (Å²) >= 11 is 0. The summed E-state index contributed by atoms with van der Waals surface area (Å²) in [4.78, 5) is 0. The molecule has 5 heteroatoms. The molecule has 0 aliphatic rings. The second kappa shape index (κ2) is 10.8. The van der Waals surface area contributed by atoms with Crippen LogP contribution in [0, 0.1) is 20.8 Å². The van der Waals surface area contributed by atoms with Crippen molar-refractivity contribution in [2.24, 2.45) is 0 Å². The number of rotatable bonds is 6. The average Bonchev–Trinajstić information content (AvgIpc) is 2.61. The molecule has 0 aliphatic carbocycles. The monoisotopic (exact) mass is 380 g/mol. The standard InChI is InChI=1S/C14H17F3O.C8H10O/c1-4-7-18-9-13(14(15,16)17)12-8-10(2)5-6-11(12)3;1-7-3-5-8(9-2)6-4-7/h4-6,8,13H,1,7,9H2,2-3H3;3-6H,1-2H3. The van der Waals surface area contributed by atoms with Gasteiger partial charge in [-0.2, -0.15) is 13.2 Å². The van der Waals surface area contributed by atoms with Crippen molar-refractivity contribution in [2.45, 2.75) is 32.9 Å². The smallest absolute Gasteiger partial charge is 0.397 e. The van der Waals surface area contributed by atoms with Crippen molar-refractivity contribution in [1.29, 1.82) is 0 Å². The van der Waals surface area contributed by atoms with E-state index in [9.17, 15) is 13.2 Å². The molecule has 148 valence electrons. The zero-order valence-corrected chi connectivity index (χ0v) is 16.3. The number of ether oxygens (including phenoxy) is 2. The van der Waals surface area contributed by atoms with Gasteiger partial charge in [0.25, 0.3) is 0 Å². The second-order valence-electron chi connectivity index (χ2n) is 6.30. The van der Waals surface area contributed by atoms with Gasteiger partial charge in [-0.15, -0.1) is 6.58 Å². The van der Waals surface area contributed by atoms with Crippen molar-refractivity contribution < 1.29 is 22.6 Å². The van der Waals surface area contributed by atoms with E-state index in [4.69, 9.17) is 9.47 Å². The third-order valence-corrected chi connectivity index (χ3v) is 3.98. The summed E-state index contributed by atoms with van der Waals surface area (Å²) in [6.07, 6.45) is -2.86. The summed E-state index contributed by atoms with van der Waals surface area (Å²) in [5.41, 5.74) is 2.99. The molecule has 0 saturated heterocycles. The van der Waals surface area contributed by atoms with Gasteiger partial charge in [0.05, 0.1) is 20.3 Å². The van der Waals surface area contributed by atoms with Gasteiger partial charge < -0.3 is 9.47 Å². The largest absolute Gasteiger partial charge is 0.497 e. The van der Waals surface area contributed by atoms with Crippen LogP contribution in [-0.4, -0.2) is 26.5 Å². The molecule has 0 amide bonds. The Balaban J connectivity index is 0.000000337. The zero-order valence-electron chi connectivity index (χ0n) is 16.3. The highest BCUT2D eigenvalue weighted by molar-refractivity contribution is 5.34. The maximum atomic E-state index is 13.0. The minimum absolute atomic E-state index is 0.122. The second-order valence-corrected chi connectivity index (χ2v) is 6.30. The van der Waals surface area contributed by atoms with Crippen molar-refractivity contribution in [2.75, 3.05) is 20.3 Å². The predicted molar refractivity (Wildman–Crippen MR) is 103 cm³/mol. The van der Waals surface area contributed by atoms with Crippen LogP contribution in [0.3, 0.4) is 0 Å². The van der Waals surface area contributed by atoms with E-state index in [0.717, 1.165) is 11.3 Å². The highest BCUT2D eigenvalue weighted by atomic mass is 19.4. The summed E-state index contributed by atoms with van der Waals surface area (Å²) in [7, 11) is 1.67. The van der Waals surface area contributed by atoms with Crippen LogP contribution in [0.5, 0.6) is 5.75 Å². The lowest BCUT2D eigenvalue weighted by atomic mass is 9.93. The molecule has 0 heterocycles. The van der Waals surface area contributed by atoms with Gasteiger partial charge in [0.2, 0.25) is 0 Å². The normalized spacial score (nSPS) is 12.0. The fourth-order valence-corrected chi connectivity index (χ4v) is 2.44. The molecule has 2 nitrogen and oxygen atoms in total. The molecule has 0 saturated carbocycles. The summed E-state index contributed by atoms with van der Waals surface area (Å²) in [6.45, 7) is 8.68. The Kier molecular flexibility index (Phi) is 9.09. The van der Waals surface area contributed by atoms with Crippen LogP contribution < -0.4 is 4.74 Å². The van der Waals surface area contributed by atoms with Crippen LogP contribution in [0.4, 0.5) is 13.2 Å². The molecule has 0 N–H and O–H groups in total. The molecular formula is C22H27F3O2. The van der Waals surface area contributed by atoms with Crippen molar-refractivity contribution in [1.82, 2.24) is 0 Å². The fraction of sp³-hybridized carbons (Fsp3) is 0.364. The maximum Gasteiger partial charge on any atom is 0.397 e. The highest BCUT2D eigenvalue weighted by Gasteiger charge is 2.41. The SMILES string of the molecule is C=CCOCC(c1cc(C)ccc1C)C(F)(F)F.COc1ccc(C)cc1. The van der Waals surface area contributed by atoms with Crippen molar-refractivity contribution >= 4 is 0 Å². The first kappa shape index (κ1) is 22.8. The van der Waals surface area contributed by atoms with Crippen molar-refractivity contribution in [3.63, 3.8) is 0 Å². The van der Waals surface area contributed by atoms with Crippen LogP contribution in [0.15, 0.2) is 55.1 Å². The molecule has 0 spiro atoms. The summed E-state index contributed by atoms with van der Waals surface area (Å²) in [6, 6.07) is 13.0. The van der Waals surface area contributed by atoms with Gasteiger partial charge in [0, 0.05) is 0 Å². The van der Waals surface area contributed by atoms with E-state index in [0.29, 0.717) is 5.56 Å². The molecule has 0 bridgehead atoms. The van der Waals surface area contributed by atoms with E-state index in [2.05, 4.69) is 13.5 Å². The van der Waals surface area contributed by atoms with E-state index < -0.39 is 12.1 Å². The Morgan fingerprint density at radius 1 is 1.00 bits per heavy atom. The fourth-order valence-electron chi connectivity index (χ4n) is 2.44. The van der Waals surface area contributed by atoms with Crippen molar-refractivity contribution in [3.05, 3.63) is 77.4 Å². The molecule has 0 fully saturated rings. The van der Waals surface area contributed by atoms with Crippen LogP contribution in [0.2, 0.25) is 0 Å². The van der Waals surface area contributed by atoms with E-state index >= 15 is 0 Å².